The van der Waals surface area contributed by atoms with Crippen LogP contribution in [0.4, 0.5) is 0 Å². The SMILES string of the molecule is c1c[nH]c(CCNC2CCN3CCCC23)n1. The van der Waals surface area contributed by atoms with Crippen molar-refractivity contribution in [3.63, 3.8) is 0 Å². The Kier molecular flexibility index (Phi) is 2.93. The summed E-state index contributed by atoms with van der Waals surface area (Å²) < 4.78 is 0. The van der Waals surface area contributed by atoms with Crippen LogP contribution in [0.1, 0.15) is 25.1 Å². The van der Waals surface area contributed by atoms with Crippen LogP contribution >= 0.6 is 0 Å². The second-order valence-electron chi connectivity index (χ2n) is 4.88. The molecule has 2 unspecified atom stereocenters. The van der Waals surface area contributed by atoms with Crippen molar-refractivity contribution in [3.05, 3.63) is 18.2 Å². The summed E-state index contributed by atoms with van der Waals surface area (Å²) in [4.78, 5) is 10.0. The summed E-state index contributed by atoms with van der Waals surface area (Å²) in [5, 5.41) is 3.69. The minimum absolute atomic E-state index is 0.720. The molecule has 3 rings (SSSR count). The summed E-state index contributed by atoms with van der Waals surface area (Å²) in [6.45, 7) is 3.66. The van der Waals surface area contributed by atoms with Crippen LogP contribution in [-0.4, -0.2) is 46.6 Å². The quantitative estimate of drug-likeness (QED) is 0.788. The lowest BCUT2D eigenvalue weighted by atomic mass is 10.1. The van der Waals surface area contributed by atoms with E-state index in [4.69, 9.17) is 0 Å². The van der Waals surface area contributed by atoms with Crippen LogP contribution in [0.3, 0.4) is 0 Å². The lowest BCUT2D eigenvalue weighted by Gasteiger charge is -2.21. The molecule has 2 atom stereocenters. The summed E-state index contributed by atoms with van der Waals surface area (Å²) in [5.74, 6) is 1.09. The number of nitrogens with zero attached hydrogens (tertiary/aromatic N) is 2. The highest BCUT2D eigenvalue weighted by Crippen LogP contribution is 2.27. The van der Waals surface area contributed by atoms with E-state index in [0.29, 0.717) is 0 Å². The number of fused-ring (bicyclic) bond motifs is 1. The molecule has 2 aliphatic rings. The van der Waals surface area contributed by atoms with Crippen LogP contribution in [0.25, 0.3) is 0 Å². The third-order valence-corrected chi connectivity index (χ3v) is 3.93. The number of hydrogen-bond acceptors (Lipinski definition) is 3. The first-order valence-electron chi connectivity index (χ1n) is 6.39. The lowest BCUT2D eigenvalue weighted by molar-refractivity contribution is 0.299. The molecule has 16 heavy (non-hydrogen) atoms. The number of imidazole rings is 1. The van der Waals surface area contributed by atoms with E-state index >= 15 is 0 Å². The first-order chi connectivity index (χ1) is 7.93. The second-order valence-corrected chi connectivity index (χ2v) is 4.88. The molecule has 88 valence electrons. The Morgan fingerprint density at radius 2 is 2.44 bits per heavy atom. The normalized spacial score (nSPS) is 29.8. The first kappa shape index (κ1) is 10.3. The van der Waals surface area contributed by atoms with Crippen LogP contribution in [0.15, 0.2) is 12.4 Å². The third-order valence-electron chi connectivity index (χ3n) is 3.93. The fourth-order valence-electron chi connectivity index (χ4n) is 3.13. The standard InChI is InChI=1S/C12H20N4/c1-2-11-10(4-9-16(11)8-1)13-5-3-12-14-6-7-15-12/h6-7,10-11,13H,1-5,8-9H2,(H,14,15). The fraction of sp³-hybridized carbons (Fsp3) is 0.750. The smallest absolute Gasteiger partial charge is 0.107 e. The highest BCUT2D eigenvalue weighted by Gasteiger charge is 2.36. The molecule has 2 fully saturated rings. The molecule has 2 N–H and O–H groups in total. The average Bonchev–Trinajstić information content (AvgIpc) is 2.95. The molecular weight excluding hydrogens is 200 g/mol. The molecule has 3 heterocycles. The van der Waals surface area contributed by atoms with Crippen LogP contribution in [0.5, 0.6) is 0 Å². The van der Waals surface area contributed by atoms with Crippen molar-refractivity contribution in [2.45, 2.75) is 37.8 Å². The Balaban J connectivity index is 1.45. The van der Waals surface area contributed by atoms with Gasteiger partial charge >= 0.3 is 0 Å². The van der Waals surface area contributed by atoms with E-state index in [1.807, 2.05) is 12.4 Å². The molecule has 0 bridgehead atoms. The molecule has 1 aromatic heterocycles. The highest BCUT2D eigenvalue weighted by molar-refractivity contribution is 4.96. The molecule has 4 nitrogen and oxygen atoms in total. The van der Waals surface area contributed by atoms with Crippen molar-refractivity contribution in [1.29, 1.82) is 0 Å². The number of hydrogen-bond donors (Lipinski definition) is 2. The maximum Gasteiger partial charge on any atom is 0.107 e. The Morgan fingerprint density at radius 3 is 3.31 bits per heavy atom. The number of H-pyrrole nitrogens is 1. The molecule has 0 radical (unpaired) electrons. The number of rotatable bonds is 4. The predicted octanol–water partition coefficient (Wildman–Crippen LogP) is 0.778. The van der Waals surface area contributed by atoms with Gasteiger partial charge in [-0.1, -0.05) is 0 Å². The van der Waals surface area contributed by atoms with Crippen LogP contribution < -0.4 is 5.32 Å². The fourth-order valence-corrected chi connectivity index (χ4v) is 3.13. The molecule has 0 aliphatic carbocycles. The van der Waals surface area contributed by atoms with Crippen molar-refractivity contribution < 1.29 is 0 Å². The molecule has 0 saturated carbocycles. The van der Waals surface area contributed by atoms with Crippen LogP contribution in [-0.2, 0) is 6.42 Å². The zero-order chi connectivity index (χ0) is 10.8. The largest absolute Gasteiger partial charge is 0.349 e. The molecule has 1 aromatic rings. The number of aromatic nitrogens is 2. The average molecular weight is 220 g/mol. The summed E-state index contributed by atoms with van der Waals surface area (Å²) in [5.41, 5.74) is 0. The van der Waals surface area contributed by atoms with Crippen molar-refractivity contribution >= 4 is 0 Å². The van der Waals surface area contributed by atoms with Gasteiger partial charge in [-0.3, -0.25) is 4.90 Å². The van der Waals surface area contributed by atoms with Crippen molar-refractivity contribution in [3.8, 4) is 0 Å². The van der Waals surface area contributed by atoms with Crippen molar-refractivity contribution in [1.82, 2.24) is 20.2 Å². The summed E-state index contributed by atoms with van der Waals surface area (Å²) >= 11 is 0. The Morgan fingerprint density at radius 1 is 1.44 bits per heavy atom. The van der Waals surface area contributed by atoms with Gasteiger partial charge in [0.2, 0.25) is 0 Å². The van der Waals surface area contributed by atoms with E-state index < -0.39 is 0 Å². The Hall–Kier alpha value is -0.870. The lowest BCUT2D eigenvalue weighted by Crippen LogP contribution is -2.40. The van der Waals surface area contributed by atoms with Gasteiger partial charge in [-0.2, -0.15) is 0 Å². The summed E-state index contributed by atoms with van der Waals surface area (Å²) in [6.07, 6.45) is 8.83. The number of nitrogens with one attached hydrogen (secondary N) is 2. The van der Waals surface area contributed by atoms with E-state index in [1.54, 1.807) is 0 Å². The maximum absolute atomic E-state index is 4.24. The van der Waals surface area contributed by atoms with Gasteiger partial charge in [-0.15, -0.1) is 0 Å². The molecule has 0 spiro atoms. The first-order valence-corrected chi connectivity index (χ1v) is 6.39. The predicted molar refractivity (Wildman–Crippen MR) is 63.3 cm³/mol. The van der Waals surface area contributed by atoms with Gasteiger partial charge in [-0.25, -0.2) is 4.98 Å². The molecule has 0 aromatic carbocycles. The van der Waals surface area contributed by atoms with E-state index in [-0.39, 0.29) is 0 Å². The zero-order valence-electron chi connectivity index (χ0n) is 9.65. The number of aromatic amines is 1. The van der Waals surface area contributed by atoms with Gasteiger partial charge in [0, 0.05) is 44.0 Å². The van der Waals surface area contributed by atoms with Gasteiger partial charge in [0.05, 0.1) is 0 Å². The molecule has 2 saturated heterocycles. The maximum atomic E-state index is 4.24. The second kappa shape index (κ2) is 4.55. The van der Waals surface area contributed by atoms with Gasteiger partial charge in [0.15, 0.2) is 0 Å². The topological polar surface area (TPSA) is 44.0 Å². The Bertz CT molecular complexity index is 322. The molecule has 2 aliphatic heterocycles. The zero-order valence-corrected chi connectivity index (χ0v) is 9.65. The van der Waals surface area contributed by atoms with E-state index in [2.05, 4.69) is 20.2 Å². The minimum Gasteiger partial charge on any atom is -0.349 e. The van der Waals surface area contributed by atoms with E-state index in [1.165, 1.54) is 32.4 Å². The molecule has 4 heteroatoms. The van der Waals surface area contributed by atoms with Crippen LogP contribution in [0, 0.1) is 0 Å². The van der Waals surface area contributed by atoms with Gasteiger partial charge < -0.3 is 10.3 Å². The van der Waals surface area contributed by atoms with Crippen molar-refractivity contribution in [2.24, 2.45) is 0 Å². The molecule has 0 amide bonds. The van der Waals surface area contributed by atoms with E-state index in [9.17, 15) is 0 Å². The Labute approximate surface area is 96.4 Å². The van der Waals surface area contributed by atoms with Crippen LogP contribution in [0.2, 0.25) is 0 Å². The molecular formula is C12H20N4. The van der Waals surface area contributed by atoms with Crippen molar-refractivity contribution in [2.75, 3.05) is 19.6 Å². The van der Waals surface area contributed by atoms with E-state index in [0.717, 1.165) is 30.9 Å². The third kappa shape index (κ3) is 1.99. The minimum atomic E-state index is 0.720. The van der Waals surface area contributed by atoms with Gasteiger partial charge in [0.25, 0.3) is 0 Å². The monoisotopic (exact) mass is 220 g/mol. The summed E-state index contributed by atoms with van der Waals surface area (Å²) in [7, 11) is 0. The van der Waals surface area contributed by atoms with Gasteiger partial charge in [0.1, 0.15) is 5.82 Å². The highest BCUT2D eigenvalue weighted by atomic mass is 15.2. The van der Waals surface area contributed by atoms with Gasteiger partial charge in [-0.05, 0) is 25.8 Å². The summed E-state index contributed by atoms with van der Waals surface area (Å²) in [6, 6.07) is 1.54.